The third-order valence-electron chi connectivity index (χ3n) is 2.60. The summed E-state index contributed by atoms with van der Waals surface area (Å²) in [4.78, 5) is 0. The van der Waals surface area contributed by atoms with E-state index in [0.29, 0.717) is 5.92 Å². The van der Waals surface area contributed by atoms with E-state index >= 15 is 0 Å². The topological polar surface area (TPSA) is 50.4 Å². The van der Waals surface area contributed by atoms with Gasteiger partial charge in [-0.2, -0.15) is 5.10 Å². The van der Waals surface area contributed by atoms with Crippen LogP contribution < -0.4 is 11.2 Å². The van der Waals surface area contributed by atoms with Crippen LogP contribution in [0.1, 0.15) is 26.7 Å². The maximum atomic E-state index is 5.33. The second-order valence-corrected chi connectivity index (χ2v) is 4.34. The van der Waals surface area contributed by atoms with Crippen molar-refractivity contribution in [1.29, 1.82) is 0 Å². The van der Waals surface area contributed by atoms with Gasteiger partial charge in [-0.05, 0) is 50.4 Å². The summed E-state index contributed by atoms with van der Waals surface area (Å²) in [6, 6.07) is 0. The quantitative estimate of drug-likeness (QED) is 0.428. The van der Waals surface area contributed by atoms with Crippen molar-refractivity contribution in [3.8, 4) is 0 Å². The minimum absolute atomic E-state index is 0.202. The Morgan fingerprint density at radius 1 is 1.73 bits per heavy atom. The van der Waals surface area contributed by atoms with Crippen molar-refractivity contribution >= 4 is 23.0 Å². The molecule has 0 aliphatic heterocycles. The summed E-state index contributed by atoms with van der Waals surface area (Å²) in [6.07, 6.45) is 4.14. The second-order valence-electron chi connectivity index (χ2n) is 3.90. The Labute approximate surface area is 96.1 Å². The molecule has 0 fully saturated rings. The number of hydrazone groups is 1. The third-order valence-corrected chi connectivity index (χ3v) is 2.69. The van der Waals surface area contributed by atoms with Gasteiger partial charge in [-0.3, -0.25) is 5.43 Å². The van der Waals surface area contributed by atoms with Crippen LogP contribution in [0.2, 0.25) is 0 Å². The van der Waals surface area contributed by atoms with Crippen molar-refractivity contribution in [1.82, 2.24) is 5.43 Å². The van der Waals surface area contributed by atoms with Crippen LogP contribution in [0.15, 0.2) is 28.9 Å². The van der Waals surface area contributed by atoms with E-state index in [9.17, 15) is 0 Å². The average molecular weight is 223 g/mol. The monoisotopic (exact) mass is 223 g/mol. The van der Waals surface area contributed by atoms with E-state index in [4.69, 9.17) is 18.0 Å². The van der Waals surface area contributed by atoms with E-state index in [1.807, 2.05) is 0 Å². The fourth-order valence-electron chi connectivity index (χ4n) is 1.55. The van der Waals surface area contributed by atoms with Crippen LogP contribution in [-0.2, 0) is 0 Å². The summed E-state index contributed by atoms with van der Waals surface area (Å²) in [6.45, 7) is 8.08. The van der Waals surface area contributed by atoms with Gasteiger partial charge in [0.1, 0.15) is 0 Å². The summed E-state index contributed by atoms with van der Waals surface area (Å²) >= 11 is 4.71. The van der Waals surface area contributed by atoms with Gasteiger partial charge in [0.2, 0.25) is 0 Å². The van der Waals surface area contributed by atoms with Crippen LogP contribution in [0.3, 0.4) is 0 Å². The maximum absolute atomic E-state index is 5.33. The highest BCUT2D eigenvalue weighted by Crippen LogP contribution is 2.26. The first kappa shape index (κ1) is 11.9. The molecule has 0 amide bonds. The lowest BCUT2D eigenvalue weighted by molar-refractivity contribution is 0.637. The molecule has 15 heavy (non-hydrogen) atoms. The molecule has 0 spiro atoms. The minimum atomic E-state index is 0.202. The summed E-state index contributed by atoms with van der Waals surface area (Å²) in [5.74, 6) is 0.487. The van der Waals surface area contributed by atoms with Crippen LogP contribution >= 0.6 is 12.2 Å². The van der Waals surface area contributed by atoms with Gasteiger partial charge in [0.15, 0.2) is 5.11 Å². The molecule has 0 unspecified atom stereocenters. The Morgan fingerprint density at radius 2 is 2.40 bits per heavy atom. The molecule has 1 rings (SSSR count). The molecule has 0 aromatic heterocycles. The molecule has 1 atom stereocenters. The number of allylic oxidation sites excluding steroid dienone is 3. The molecule has 1 aliphatic carbocycles. The van der Waals surface area contributed by atoms with Crippen LogP contribution in [0.25, 0.3) is 0 Å². The van der Waals surface area contributed by atoms with Gasteiger partial charge < -0.3 is 5.73 Å². The molecule has 0 radical (unpaired) electrons. The SMILES string of the molecule is C=C(C)[C@H]1CC=C(C)/C(=N/NC(N)=S)C1. The molecule has 3 nitrogen and oxygen atoms in total. The Hall–Kier alpha value is -1.16. The van der Waals surface area contributed by atoms with E-state index < -0.39 is 0 Å². The molecule has 0 heterocycles. The minimum Gasteiger partial charge on any atom is -0.375 e. The molecular weight excluding hydrogens is 206 g/mol. The summed E-state index contributed by atoms with van der Waals surface area (Å²) in [5, 5.41) is 4.39. The van der Waals surface area contributed by atoms with E-state index in [1.165, 1.54) is 11.1 Å². The standard InChI is InChI=1S/C11H17N3S/c1-7(2)9-5-4-8(3)10(6-9)13-14-11(12)15/h4,9H,1,5-6H2,2-3H3,(H3,12,14,15)/b13-10+/t9-/m0/s1. The molecule has 82 valence electrons. The Kier molecular flexibility index (Phi) is 4.03. The van der Waals surface area contributed by atoms with Gasteiger partial charge in [0.05, 0.1) is 5.71 Å². The zero-order chi connectivity index (χ0) is 11.4. The van der Waals surface area contributed by atoms with Crippen LogP contribution in [0.4, 0.5) is 0 Å². The molecular formula is C11H17N3S. The second kappa shape index (κ2) is 5.07. The van der Waals surface area contributed by atoms with Crippen LogP contribution in [0, 0.1) is 5.92 Å². The highest BCUT2D eigenvalue weighted by Gasteiger charge is 2.18. The predicted octanol–water partition coefficient (Wildman–Crippen LogP) is 2.11. The van der Waals surface area contributed by atoms with Crippen molar-refractivity contribution in [2.75, 3.05) is 0 Å². The number of thiocarbonyl (C=S) groups is 1. The van der Waals surface area contributed by atoms with Crippen molar-refractivity contribution in [3.63, 3.8) is 0 Å². The van der Waals surface area contributed by atoms with Gasteiger partial charge in [-0.1, -0.05) is 18.2 Å². The highest BCUT2D eigenvalue weighted by molar-refractivity contribution is 7.80. The summed E-state index contributed by atoms with van der Waals surface area (Å²) in [7, 11) is 0. The van der Waals surface area contributed by atoms with E-state index in [1.54, 1.807) is 0 Å². The van der Waals surface area contributed by atoms with Gasteiger partial charge in [0.25, 0.3) is 0 Å². The lowest BCUT2D eigenvalue weighted by atomic mass is 9.85. The first-order valence-corrected chi connectivity index (χ1v) is 5.36. The molecule has 4 heteroatoms. The van der Waals surface area contributed by atoms with Gasteiger partial charge >= 0.3 is 0 Å². The molecule has 0 bridgehead atoms. The number of nitrogens with two attached hydrogens (primary N) is 1. The Morgan fingerprint density at radius 3 is 2.93 bits per heavy atom. The van der Waals surface area contributed by atoms with Crippen molar-refractivity contribution < 1.29 is 0 Å². The number of nitrogens with zero attached hydrogens (tertiary/aromatic N) is 1. The zero-order valence-electron chi connectivity index (χ0n) is 9.21. The Bertz CT molecular complexity index is 342. The summed E-state index contributed by atoms with van der Waals surface area (Å²) in [5.41, 5.74) is 11.4. The van der Waals surface area contributed by atoms with E-state index in [0.717, 1.165) is 18.6 Å². The molecule has 0 saturated heterocycles. The fraction of sp³-hybridized carbons (Fsp3) is 0.455. The molecule has 1 aliphatic rings. The zero-order valence-corrected chi connectivity index (χ0v) is 10.0. The number of rotatable bonds is 2. The fourth-order valence-corrected chi connectivity index (χ4v) is 1.59. The third kappa shape index (κ3) is 3.47. The van der Waals surface area contributed by atoms with Crippen molar-refractivity contribution in [2.45, 2.75) is 26.7 Å². The lowest BCUT2D eigenvalue weighted by Crippen LogP contribution is -2.27. The molecule has 3 N–H and O–H groups in total. The molecule has 0 aromatic carbocycles. The summed E-state index contributed by atoms with van der Waals surface area (Å²) < 4.78 is 0. The number of hydrogen-bond acceptors (Lipinski definition) is 2. The van der Waals surface area contributed by atoms with Crippen LogP contribution in [-0.4, -0.2) is 10.8 Å². The Balaban J connectivity index is 2.75. The maximum Gasteiger partial charge on any atom is 0.184 e. The normalized spacial score (nSPS) is 23.5. The smallest absolute Gasteiger partial charge is 0.184 e. The van der Waals surface area contributed by atoms with Crippen molar-refractivity contribution in [3.05, 3.63) is 23.8 Å². The van der Waals surface area contributed by atoms with Gasteiger partial charge in [-0.15, -0.1) is 0 Å². The largest absolute Gasteiger partial charge is 0.375 e. The van der Waals surface area contributed by atoms with Crippen LogP contribution in [0.5, 0.6) is 0 Å². The first-order valence-electron chi connectivity index (χ1n) is 4.95. The molecule has 0 aromatic rings. The lowest BCUT2D eigenvalue weighted by Gasteiger charge is -2.22. The molecule has 0 saturated carbocycles. The predicted molar refractivity (Wildman–Crippen MR) is 68.7 cm³/mol. The average Bonchev–Trinajstić information content (AvgIpc) is 2.16. The van der Waals surface area contributed by atoms with Gasteiger partial charge in [-0.25, -0.2) is 0 Å². The van der Waals surface area contributed by atoms with E-state index in [2.05, 4.69) is 37.0 Å². The highest BCUT2D eigenvalue weighted by atomic mass is 32.1. The number of nitrogens with one attached hydrogen (secondary N) is 1. The number of hydrogen-bond donors (Lipinski definition) is 2. The van der Waals surface area contributed by atoms with E-state index in [-0.39, 0.29) is 5.11 Å². The first-order chi connectivity index (χ1) is 7.00. The van der Waals surface area contributed by atoms with Gasteiger partial charge in [0, 0.05) is 0 Å². The van der Waals surface area contributed by atoms with Crippen molar-refractivity contribution in [2.24, 2.45) is 16.8 Å².